The van der Waals surface area contributed by atoms with Gasteiger partial charge in [-0.25, -0.2) is 9.97 Å². The van der Waals surface area contributed by atoms with Gasteiger partial charge < -0.3 is 14.5 Å². The number of aromatic nitrogens is 2. The van der Waals surface area contributed by atoms with Crippen LogP contribution in [0, 0.1) is 0 Å². The minimum absolute atomic E-state index is 0.101. The molecule has 0 aliphatic carbocycles. The van der Waals surface area contributed by atoms with Crippen molar-refractivity contribution in [1.82, 2.24) is 14.9 Å². The van der Waals surface area contributed by atoms with Crippen molar-refractivity contribution in [1.29, 1.82) is 0 Å². The Morgan fingerprint density at radius 2 is 1.82 bits per heavy atom. The van der Waals surface area contributed by atoms with Crippen LogP contribution in [0.3, 0.4) is 0 Å². The number of nitrogens with zero attached hydrogens (tertiary/aromatic N) is 5. The number of hydrogen-bond acceptors (Lipinski definition) is 7. The standard InChI is InChI=1S/C21H24N6O/c1-23-19-12-16(4-6-20(19)28-13-22)15-3-5-18-17(11-15)21(25-14-24-18)27-9-7-26(2)8-10-27/h3-6,11-12,14H,1,7-10,13,22H2,2H3. The molecule has 1 aliphatic rings. The van der Waals surface area contributed by atoms with Gasteiger partial charge in [0.15, 0.2) is 0 Å². The van der Waals surface area contributed by atoms with Crippen LogP contribution in [0.5, 0.6) is 5.75 Å². The Kier molecular flexibility index (Phi) is 5.18. The molecule has 0 bridgehead atoms. The molecule has 4 rings (SSSR count). The molecule has 7 nitrogen and oxygen atoms in total. The van der Waals surface area contributed by atoms with Crippen LogP contribution in [0.4, 0.5) is 11.5 Å². The summed E-state index contributed by atoms with van der Waals surface area (Å²) in [6.07, 6.45) is 1.65. The normalized spacial score (nSPS) is 15.0. The van der Waals surface area contributed by atoms with Crippen molar-refractivity contribution < 1.29 is 4.74 Å². The number of aliphatic imine (C=N–C) groups is 1. The SMILES string of the molecule is C=Nc1cc(-c2ccc3ncnc(N4CCN(C)CC4)c3c2)ccc1OCN. The molecule has 3 aromatic rings. The third-order valence-electron chi connectivity index (χ3n) is 5.12. The van der Waals surface area contributed by atoms with Gasteiger partial charge in [-0.2, -0.15) is 0 Å². The summed E-state index contributed by atoms with van der Waals surface area (Å²) in [6, 6.07) is 12.1. The summed E-state index contributed by atoms with van der Waals surface area (Å²) < 4.78 is 5.41. The van der Waals surface area contributed by atoms with E-state index in [0.717, 1.165) is 54.0 Å². The number of hydrogen-bond donors (Lipinski definition) is 1. The fourth-order valence-corrected chi connectivity index (χ4v) is 3.53. The van der Waals surface area contributed by atoms with E-state index >= 15 is 0 Å². The largest absolute Gasteiger partial charge is 0.476 e. The van der Waals surface area contributed by atoms with E-state index in [9.17, 15) is 0 Å². The van der Waals surface area contributed by atoms with Gasteiger partial charge in [0.1, 0.15) is 30.3 Å². The third kappa shape index (κ3) is 3.54. The Bertz CT molecular complexity index is 997. The Morgan fingerprint density at radius 1 is 1.07 bits per heavy atom. The molecule has 0 atom stereocenters. The van der Waals surface area contributed by atoms with Gasteiger partial charge in [0.05, 0.1) is 5.52 Å². The molecule has 0 saturated carbocycles. The number of rotatable bonds is 5. The van der Waals surface area contributed by atoms with Crippen molar-refractivity contribution in [2.45, 2.75) is 0 Å². The highest BCUT2D eigenvalue weighted by molar-refractivity contribution is 5.93. The molecule has 2 aromatic carbocycles. The number of piperazine rings is 1. The molecule has 0 unspecified atom stereocenters. The summed E-state index contributed by atoms with van der Waals surface area (Å²) in [6.45, 7) is 7.72. The molecule has 0 radical (unpaired) electrons. The van der Waals surface area contributed by atoms with Gasteiger partial charge in [0, 0.05) is 31.6 Å². The predicted octanol–water partition coefficient (Wildman–Crippen LogP) is 2.68. The van der Waals surface area contributed by atoms with E-state index in [1.807, 2.05) is 24.3 Å². The molecular formula is C21H24N6O. The minimum atomic E-state index is 0.101. The maximum absolute atomic E-state index is 5.49. The summed E-state index contributed by atoms with van der Waals surface area (Å²) in [4.78, 5) is 17.8. The van der Waals surface area contributed by atoms with Crippen LogP contribution in [0.25, 0.3) is 22.0 Å². The Labute approximate surface area is 164 Å². The minimum Gasteiger partial charge on any atom is -0.476 e. The topological polar surface area (TPSA) is 79.9 Å². The molecule has 1 aromatic heterocycles. The molecule has 2 N–H and O–H groups in total. The van der Waals surface area contributed by atoms with E-state index in [0.29, 0.717) is 11.4 Å². The second-order valence-corrected chi connectivity index (χ2v) is 6.87. The first-order valence-electron chi connectivity index (χ1n) is 9.32. The molecule has 0 spiro atoms. The Morgan fingerprint density at radius 3 is 2.57 bits per heavy atom. The van der Waals surface area contributed by atoms with Gasteiger partial charge in [-0.3, -0.25) is 10.7 Å². The zero-order valence-electron chi connectivity index (χ0n) is 16.0. The molecule has 144 valence electrons. The van der Waals surface area contributed by atoms with Gasteiger partial charge >= 0.3 is 0 Å². The summed E-state index contributed by atoms with van der Waals surface area (Å²) in [5, 5.41) is 1.06. The van der Waals surface area contributed by atoms with Crippen LogP contribution in [0.2, 0.25) is 0 Å². The van der Waals surface area contributed by atoms with Crippen LogP contribution < -0.4 is 15.4 Å². The average Bonchev–Trinajstić information content (AvgIpc) is 2.74. The summed E-state index contributed by atoms with van der Waals surface area (Å²) in [7, 11) is 2.15. The van der Waals surface area contributed by atoms with Gasteiger partial charge in [-0.15, -0.1) is 0 Å². The molecular weight excluding hydrogens is 352 g/mol. The van der Waals surface area contributed by atoms with Crippen molar-refractivity contribution in [3.05, 3.63) is 42.7 Å². The summed E-state index contributed by atoms with van der Waals surface area (Å²) >= 11 is 0. The number of anilines is 1. The lowest BCUT2D eigenvalue weighted by molar-refractivity contribution is 0.312. The van der Waals surface area contributed by atoms with Crippen molar-refractivity contribution in [3.63, 3.8) is 0 Å². The first-order valence-corrected chi connectivity index (χ1v) is 9.32. The monoisotopic (exact) mass is 376 g/mol. The van der Waals surface area contributed by atoms with Crippen LogP contribution in [-0.4, -0.2) is 61.5 Å². The zero-order valence-corrected chi connectivity index (χ0v) is 16.0. The lowest BCUT2D eigenvalue weighted by Gasteiger charge is -2.33. The third-order valence-corrected chi connectivity index (χ3v) is 5.12. The molecule has 2 heterocycles. The van der Waals surface area contributed by atoms with E-state index in [-0.39, 0.29) is 6.73 Å². The fraction of sp³-hybridized carbons (Fsp3) is 0.286. The molecule has 1 saturated heterocycles. The highest BCUT2D eigenvalue weighted by Crippen LogP contribution is 2.34. The zero-order chi connectivity index (χ0) is 19.5. The molecule has 7 heteroatoms. The smallest absolute Gasteiger partial charge is 0.146 e. The first kappa shape index (κ1) is 18.3. The van der Waals surface area contributed by atoms with Crippen molar-refractivity contribution in [3.8, 4) is 16.9 Å². The summed E-state index contributed by atoms with van der Waals surface area (Å²) in [5.74, 6) is 1.62. The number of ether oxygens (including phenoxy) is 1. The van der Waals surface area contributed by atoms with Gasteiger partial charge in [-0.1, -0.05) is 12.1 Å². The van der Waals surface area contributed by atoms with E-state index in [1.165, 1.54) is 0 Å². The van der Waals surface area contributed by atoms with Crippen molar-refractivity contribution in [2.24, 2.45) is 10.7 Å². The van der Waals surface area contributed by atoms with Crippen LogP contribution in [-0.2, 0) is 0 Å². The Hall–Kier alpha value is -3.03. The van der Waals surface area contributed by atoms with E-state index in [4.69, 9.17) is 10.5 Å². The van der Waals surface area contributed by atoms with Gasteiger partial charge in [-0.05, 0) is 49.2 Å². The second-order valence-electron chi connectivity index (χ2n) is 6.87. The average molecular weight is 376 g/mol. The van der Waals surface area contributed by atoms with Crippen LogP contribution in [0.1, 0.15) is 0 Å². The van der Waals surface area contributed by atoms with Gasteiger partial charge in [0.2, 0.25) is 0 Å². The lowest BCUT2D eigenvalue weighted by Crippen LogP contribution is -2.44. The number of fused-ring (bicyclic) bond motifs is 1. The maximum Gasteiger partial charge on any atom is 0.146 e. The second kappa shape index (κ2) is 7.92. The highest BCUT2D eigenvalue weighted by Gasteiger charge is 2.18. The Balaban J connectivity index is 1.75. The maximum atomic E-state index is 5.49. The van der Waals surface area contributed by atoms with Crippen molar-refractivity contribution in [2.75, 3.05) is 44.9 Å². The number of benzene rings is 2. The van der Waals surface area contributed by atoms with Gasteiger partial charge in [0.25, 0.3) is 0 Å². The quantitative estimate of drug-likeness (QED) is 0.545. The van der Waals surface area contributed by atoms with E-state index in [1.54, 1.807) is 6.33 Å². The van der Waals surface area contributed by atoms with Crippen LogP contribution in [0.15, 0.2) is 47.7 Å². The number of nitrogens with two attached hydrogens (primary N) is 1. The van der Waals surface area contributed by atoms with E-state index < -0.39 is 0 Å². The van der Waals surface area contributed by atoms with E-state index in [2.05, 4.69) is 50.7 Å². The first-order chi connectivity index (χ1) is 13.7. The lowest BCUT2D eigenvalue weighted by atomic mass is 10.0. The molecule has 1 fully saturated rings. The molecule has 1 aliphatic heterocycles. The predicted molar refractivity (Wildman–Crippen MR) is 114 cm³/mol. The van der Waals surface area contributed by atoms with Crippen molar-refractivity contribution >= 4 is 29.1 Å². The van der Waals surface area contributed by atoms with Crippen LogP contribution >= 0.6 is 0 Å². The highest BCUT2D eigenvalue weighted by atomic mass is 16.5. The molecule has 0 amide bonds. The number of likely N-dealkylation sites (N-methyl/N-ethyl adjacent to an activating group) is 1. The fourth-order valence-electron chi connectivity index (χ4n) is 3.53. The summed E-state index contributed by atoms with van der Waals surface area (Å²) in [5.41, 5.74) is 9.20. The molecule has 28 heavy (non-hydrogen) atoms.